The third-order valence-electron chi connectivity index (χ3n) is 4.38. The lowest BCUT2D eigenvalue weighted by molar-refractivity contribution is -0.142. The Morgan fingerprint density at radius 3 is 2.83 bits per heavy atom. The van der Waals surface area contributed by atoms with E-state index in [0.29, 0.717) is 12.8 Å². The van der Waals surface area contributed by atoms with Crippen LogP contribution in [0.25, 0.3) is 0 Å². The molecule has 132 valence electrons. The van der Waals surface area contributed by atoms with Gasteiger partial charge in [0.05, 0.1) is 12.4 Å². The number of rotatable bonds is 5. The van der Waals surface area contributed by atoms with E-state index in [9.17, 15) is 18.3 Å². The molecule has 0 aliphatic heterocycles. The number of aryl methyl sites for hydroxylation is 1. The van der Waals surface area contributed by atoms with Gasteiger partial charge in [-0.2, -0.15) is 18.3 Å². The Labute approximate surface area is 137 Å². The highest BCUT2D eigenvalue weighted by atomic mass is 19.4. The quantitative estimate of drug-likeness (QED) is 0.865. The molecule has 2 N–H and O–H groups in total. The topological polar surface area (TPSA) is 67.9 Å². The van der Waals surface area contributed by atoms with Crippen LogP contribution < -0.4 is 5.32 Å². The molecule has 2 heterocycles. The number of nitrogens with zero attached hydrogens (tertiary/aromatic N) is 4. The van der Waals surface area contributed by atoms with Crippen LogP contribution in [0.5, 0.6) is 0 Å². The minimum absolute atomic E-state index is 0.0300. The van der Waals surface area contributed by atoms with Crippen LogP contribution in [-0.4, -0.2) is 36.6 Å². The van der Waals surface area contributed by atoms with Gasteiger partial charge in [-0.3, -0.25) is 4.68 Å². The summed E-state index contributed by atoms with van der Waals surface area (Å²) in [5, 5.41) is 16.7. The molecule has 2 aromatic heterocycles. The van der Waals surface area contributed by atoms with Gasteiger partial charge in [0.1, 0.15) is 0 Å². The monoisotopic (exact) mass is 343 g/mol. The number of imidazole rings is 1. The molecule has 3 rings (SSSR count). The zero-order valence-electron chi connectivity index (χ0n) is 13.2. The van der Waals surface area contributed by atoms with Crippen molar-refractivity contribution in [3.8, 4) is 0 Å². The summed E-state index contributed by atoms with van der Waals surface area (Å²) in [6, 6.07) is -0.222. The van der Waals surface area contributed by atoms with E-state index in [1.807, 2.05) is 10.8 Å². The molecule has 0 amide bonds. The van der Waals surface area contributed by atoms with Gasteiger partial charge in [-0.25, -0.2) is 4.98 Å². The van der Waals surface area contributed by atoms with E-state index in [0.717, 1.165) is 11.2 Å². The van der Waals surface area contributed by atoms with Crippen molar-refractivity contribution in [3.05, 3.63) is 36.2 Å². The van der Waals surface area contributed by atoms with Crippen molar-refractivity contribution in [3.63, 3.8) is 0 Å². The Kier molecular flexibility index (Phi) is 4.64. The van der Waals surface area contributed by atoms with E-state index >= 15 is 0 Å². The number of aliphatic hydroxyl groups is 1. The Balaban J connectivity index is 1.59. The number of aliphatic hydroxyl groups excluding tert-OH is 1. The molecule has 3 atom stereocenters. The number of nitrogens with one attached hydrogen (secondary N) is 1. The van der Waals surface area contributed by atoms with Crippen LogP contribution >= 0.6 is 0 Å². The van der Waals surface area contributed by atoms with Crippen molar-refractivity contribution >= 4 is 0 Å². The molecule has 0 bridgehead atoms. The molecule has 24 heavy (non-hydrogen) atoms. The number of halogens is 3. The molecule has 6 nitrogen and oxygen atoms in total. The number of hydrogen-bond acceptors (Lipinski definition) is 4. The summed E-state index contributed by atoms with van der Waals surface area (Å²) in [4.78, 5) is 3.98. The summed E-state index contributed by atoms with van der Waals surface area (Å²) in [5.41, 5.74) is -0.782. The van der Waals surface area contributed by atoms with E-state index in [1.165, 1.54) is 13.2 Å². The lowest BCUT2D eigenvalue weighted by Crippen LogP contribution is -2.35. The number of hydrogen-bond donors (Lipinski definition) is 2. The molecule has 0 spiro atoms. The van der Waals surface area contributed by atoms with Crippen molar-refractivity contribution in [1.82, 2.24) is 24.6 Å². The first-order chi connectivity index (χ1) is 11.3. The van der Waals surface area contributed by atoms with Gasteiger partial charge < -0.3 is 15.0 Å². The summed E-state index contributed by atoms with van der Waals surface area (Å²) < 4.78 is 42.0. The second kappa shape index (κ2) is 6.56. The van der Waals surface area contributed by atoms with Crippen LogP contribution in [0.2, 0.25) is 0 Å². The van der Waals surface area contributed by atoms with Crippen molar-refractivity contribution < 1.29 is 18.3 Å². The first-order valence-corrected chi connectivity index (χ1v) is 7.80. The summed E-state index contributed by atoms with van der Waals surface area (Å²) in [5.74, 6) is 0.266. The predicted molar refractivity (Wildman–Crippen MR) is 79.8 cm³/mol. The summed E-state index contributed by atoms with van der Waals surface area (Å²) in [6.45, 7) is 0.776. The Bertz CT molecular complexity index is 667. The molecule has 1 fully saturated rings. The maximum Gasteiger partial charge on any atom is 0.435 e. The van der Waals surface area contributed by atoms with E-state index in [2.05, 4.69) is 15.4 Å². The van der Waals surface area contributed by atoms with Gasteiger partial charge in [-0.05, 0) is 18.8 Å². The smallest absolute Gasteiger partial charge is 0.391 e. The van der Waals surface area contributed by atoms with Crippen molar-refractivity contribution in [1.29, 1.82) is 0 Å². The molecule has 0 saturated heterocycles. The lowest BCUT2D eigenvalue weighted by atomic mass is 10.1. The second-order valence-electron chi connectivity index (χ2n) is 6.33. The molecule has 1 saturated carbocycles. The highest BCUT2D eigenvalue weighted by Crippen LogP contribution is 2.31. The fraction of sp³-hybridized carbons (Fsp3) is 0.600. The average molecular weight is 343 g/mol. The second-order valence-corrected chi connectivity index (χ2v) is 6.33. The summed E-state index contributed by atoms with van der Waals surface area (Å²) >= 11 is 0. The van der Waals surface area contributed by atoms with Gasteiger partial charge in [0.25, 0.3) is 0 Å². The fourth-order valence-electron chi connectivity index (χ4n) is 3.33. The average Bonchev–Trinajstić information content (AvgIpc) is 3.18. The SMILES string of the molecule is Cn1cc(CN[C@@H]2CC(Cn3ccnc3)C[C@H]2O)c(C(F)(F)F)n1. The number of aromatic nitrogens is 4. The van der Waals surface area contributed by atoms with Crippen LogP contribution in [0.3, 0.4) is 0 Å². The molecule has 1 unspecified atom stereocenters. The van der Waals surface area contributed by atoms with Gasteiger partial charge in [0.15, 0.2) is 5.69 Å². The van der Waals surface area contributed by atoms with Crippen LogP contribution in [0.4, 0.5) is 13.2 Å². The Morgan fingerprint density at radius 2 is 2.17 bits per heavy atom. The van der Waals surface area contributed by atoms with E-state index < -0.39 is 18.0 Å². The fourth-order valence-corrected chi connectivity index (χ4v) is 3.33. The normalized spacial score (nSPS) is 24.6. The first-order valence-electron chi connectivity index (χ1n) is 7.80. The molecule has 0 radical (unpaired) electrons. The highest BCUT2D eigenvalue weighted by Gasteiger charge is 2.38. The molecular weight excluding hydrogens is 323 g/mol. The Hall–Kier alpha value is -1.87. The zero-order valence-corrected chi connectivity index (χ0v) is 13.2. The van der Waals surface area contributed by atoms with Crippen molar-refractivity contribution in [2.75, 3.05) is 0 Å². The van der Waals surface area contributed by atoms with Gasteiger partial charge in [0.2, 0.25) is 0 Å². The first kappa shape index (κ1) is 17.0. The Morgan fingerprint density at radius 1 is 1.38 bits per heavy atom. The minimum Gasteiger partial charge on any atom is -0.391 e. The minimum atomic E-state index is -4.48. The van der Waals surface area contributed by atoms with Crippen LogP contribution in [0.15, 0.2) is 24.9 Å². The summed E-state index contributed by atoms with van der Waals surface area (Å²) in [7, 11) is 1.46. The molecule has 2 aromatic rings. The third kappa shape index (κ3) is 3.78. The predicted octanol–water partition coefficient (Wildman–Crippen LogP) is 1.56. The molecule has 0 aromatic carbocycles. The number of alkyl halides is 3. The largest absolute Gasteiger partial charge is 0.435 e. The van der Waals surface area contributed by atoms with Gasteiger partial charge in [-0.15, -0.1) is 0 Å². The molecule has 1 aliphatic rings. The van der Waals surface area contributed by atoms with Gasteiger partial charge in [-0.1, -0.05) is 0 Å². The van der Waals surface area contributed by atoms with E-state index in [1.54, 1.807) is 12.5 Å². The zero-order chi connectivity index (χ0) is 17.3. The molecule has 1 aliphatic carbocycles. The van der Waals surface area contributed by atoms with Crippen LogP contribution in [-0.2, 0) is 26.3 Å². The third-order valence-corrected chi connectivity index (χ3v) is 4.38. The van der Waals surface area contributed by atoms with Crippen LogP contribution in [0, 0.1) is 5.92 Å². The maximum absolute atomic E-state index is 13.0. The molecule has 9 heteroatoms. The lowest BCUT2D eigenvalue weighted by Gasteiger charge is -2.16. The van der Waals surface area contributed by atoms with Gasteiger partial charge in [0, 0.05) is 50.3 Å². The van der Waals surface area contributed by atoms with E-state index in [-0.39, 0.29) is 24.1 Å². The van der Waals surface area contributed by atoms with Gasteiger partial charge >= 0.3 is 6.18 Å². The summed E-state index contributed by atoms with van der Waals surface area (Å²) in [6.07, 6.45) is 2.93. The maximum atomic E-state index is 13.0. The van der Waals surface area contributed by atoms with E-state index in [4.69, 9.17) is 0 Å². The van der Waals surface area contributed by atoms with Crippen molar-refractivity contribution in [2.45, 2.75) is 44.3 Å². The highest BCUT2D eigenvalue weighted by molar-refractivity contribution is 5.20. The molecular formula is C15H20F3N5O. The van der Waals surface area contributed by atoms with Crippen molar-refractivity contribution in [2.24, 2.45) is 13.0 Å². The standard InChI is InChI=1S/C15H20F3N5O/c1-22-8-11(14(21-22)15(16,17)18)6-20-12-4-10(5-13(12)24)7-23-3-2-19-9-23/h2-3,8-10,12-13,20,24H,4-7H2,1H3/t10?,12-,13-/m1/s1. The van der Waals surface area contributed by atoms with Crippen LogP contribution in [0.1, 0.15) is 24.1 Å².